The van der Waals surface area contributed by atoms with Crippen molar-refractivity contribution < 1.29 is 23.2 Å². The summed E-state index contributed by atoms with van der Waals surface area (Å²) in [7, 11) is -2.97. The van der Waals surface area contributed by atoms with Gasteiger partial charge in [-0.25, -0.2) is 4.21 Å². The molecule has 0 aromatic heterocycles. The first-order valence-electron chi connectivity index (χ1n) is 20.8. The number of morpholine rings is 1. The lowest BCUT2D eigenvalue weighted by Crippen LogP contribution is -2.63. The standard InChI is InChI=1S/C44H61ClN4O5S/c1-5-21-54-44(29-47-18-19-48-20-22-52-27-37(48)26-47)17-6-8-31(2)32(3)55(4,51)46-42(50)34-11-15-41-40(24-34)49(25-35-10-13-39(35)44)28-43(30-53-41)16-7-9-33-23-36(45)12-14-38(33)43/h6,11-12,14-15,17,23-24,31-32,35,37,39H,4-5,7-10,13,16,18-22,25-30H2,1-3H3,(H,46,50,51)/b17-6+/t31-,32+,35-,37-,39+,43-,44+,55?/m0/s1. The van der Waals surface area contributed by atoms with Gasteiger partial charge in [-0.3, -0.25) is 19.3 Å². The highest BCUT2D eigenvalue weighted by atomic mass is 35.5. The van der Waals surface area contributed by atoms with E-state index in [0.717, 1.165) is 120 Å². The zero-order valence-electron chi connectivity index (χ0n) is 33.1. The lowest BCUT2D eigenvalue weighted by atomic mass is 9.63. The van der Waals surface area contributed by atoms with Gasteiger partial charge in [-0.05, 0) is 117 Å². The first-order chi connectivity index (χ1) is 26.5. The van der Waals surface area contributed by atoms with Crippen molar-refractivity contribution in [3.63, 3.8) is 0 Å². The molecule has 55 heavy (non-hydrogen) atoms. The predicted octanol–water partition coefficient (Wildman–Crippen LogP) is 6.37. The zero-order valence-corrected chi connectivity index (χ0v) is 34.7. The Kier molecular flexibility index (Phi) is 11.4. The topological polar surface area (TPSA) is 83.6 Å². The van der Waals surface area contributed by atoms with E-state index in [4.69, 9.17) is 25.8 Å². The molecule has 8 rings (SSSR count). The van der Waals surface area contributed by atoms with Gasteiger partial charge in [0.15, 0.2) is 0 Å². The van der Waals surface area contributed by atoms with Gasteiger partial charge in [-0.15, -0.1) is 0 Å². The van der Waals surface area contributed by atoms with E-state index in [1.165, 1.54) is 11.1 Å². The summed E-state index contributed by atoms with van der Waals surface area (Å²) in [4.78, 5) is 21.6. The molecule has 4 aliphatic heterocycles. The van der Waals surface area contributed by atoms with Crippen LogP contribution in [-0.2, 0) is 31.0 Å². The number of anilines is 1. The van der Waals surface area contributed by atoms with Gasteiger partial charge in [0, 0.05) is 79.7 Å². The fraction of sp³-hybridized carbons (Fsp3) is 0.636. The number of carbonyl (C=O) groups excluding carboxylic acids is 1. The second kappa shape index (κ2) is 16.0. The number of hydrogen-bond acceptors (Lipinski definition) is 8. The number of amides is 1. The monoisotopic (exact) mass is 792 g/mol. The largest absolute Gasteiger partial charge is 0.490 e. The van der Waals surface area contributed by atoms with E-state index in [0.29, 0.717) is 36.7 Å². The highest BCUT2D eigenvalue weighted by Gasteiger charge is 2.50. The predicted molar refractivity (Wildman–Crippen MR) is 223 cm³/mol. The number of carbonyl (C=O) groups is 1. The Morgan fingerprint density at radius 3 is 2.80 bits per heavy atom. The van der Waals surface area contributed by atoms with Crippen LogP contribution in [0.3, 0.4) is 0 Å². The zero-order chi connectivity index (χ0) is 38.4. The van der Waals surface area contributed by atoms with Crippen molar-refractivity contribution >= 4 is 38.8 Å². The molecule has 2 bridgehead atoms. The number of hydrogen-bond donors (Lipinski definition) is 1. The van der Waals surface area contributed by atoms with E-state index >= 15 is 0 Å². The van der Waals surface area contributed by atoms with Crippen LogP contribution >= 0.6 is 11.6 Å². The summed E-state index contributed by atoms with van der Waals surface area (Å²) in [6, 6.07) is 12.5. The third-order valence-corrected chi connectivity index (χ3v) is 16.4. The second-order valence-corrected chi connectivity index (χ2v) is 20.3. The molecular formula is C44H61ClN4O5S. The summed E-state index contributed by atoms with van der Waals surface area (Å²) in [6.07, 6.45) is 11.6. The third kappa shape index (κ3) is 7.85. The molecule has 11 heteroatoms. The van der Waals surface area contributed by atoms with Crippen LogP contribution in [0.4, 0.5) is 5.69 Å². The van der Waals surface area contributed by atoms with Gasteiger partial charge in [-0.2, -0.15) is 0 Å². The molecule has 2 aliphatic carbocycles. The van der Waals surface area contributed by atoms with Gasteiger partial charge >= 0.3 is 0 Å². The molecule has 2 saturated heterocycles. The summed E-state index contributed by atoms with van der Waals surface area (Å²) < 4.78 is 37.0. The molecule has 1 saturated carbocycles. The molecule has 6 aliphatic rings. The molecule has 9 nitrogen and oxygen atoms in total. The Morgan fingerprint density at radius 2 is 1.98 bits per heavy atom. The fourth-order valence-corrected chi connectivity index (χ4v) is 12.1. The van der Waals surface area contributed by atoms with Gasteiger partial charge in [0.05, 0.1) is 35.2 Å². The van der Waals surface area contributed by atoms with E-state index in [9.17, 15) is 9.00 Å². The van der Waals surface area contributed by atoms with Gasteiger partial charge in [-0.1, -0.05) is 43.7 Å². The molecule has 1 N–H and O–H groups in total. The lowest BCUT2D eigenvalue weighted by molar-refractivity contribution is -0.124. The molecule has 300 valence electrons. The van der Waals surface area contributed by atoms with Crippen LogP contribution in [0.2, 0.25) is 5.02 Å². The molecule has 3 fully saturated rings. The highest BCUT2D eigenvalue weighted by Crippen LogP contribution is 2.49. The third-order valence-electron chi connectivity index (χ3n) is 13.9. The summed E-state index contributed by atoms with van der Waals surface area (Å²) in [5.74, 6) is 5.23. The van der Waals surface area contributed by atoms with Crippen LogP contribution in [0.5, 0.6) is 5.75 Å². The number of nitrogens with zero attached hydrogens (tertiary/aromatic N) is 3. The van der Waals surface area contributed by atoms with E-state index in [1.54, 1.807) is 6.07 Å². The van der Waals surface area contributed by atoms with E-state index in [2.05, 4.69) is 63.4 Å². The minimum atomic E-state index is -2.97. The van der Waals surface area contributed by atoms with Crippen molar-refractivity contribution in [2.45, 2.75) is 88.0 Å². The van der Waals surface area contributed by atoms with Crippen LogP contribution in [0.25, 0.3) is 0 Å². The summed E-state index contributed by atoms with van der Waals surface area (Å²) >= 11 is 6.55. The summed E-state index contributed by atoms with van der Waals surface area (Å²) in [5.41, 5.74) is 3.31. The number of benzene rings is 2. The number of piperazine rings is 1. The molecule has 2 aromatic rings. The lowest BCUT2D eigenvalue weighted by Gasteiger charge is -2.53. The summed E-state index contributed by atoms with van der Waals surface area (Å²) in [6.45, 7) is 15.6. The van der Waals surface area contributed by atoms with Crippen molar-refractivity contribution in [3.05, 3.63) is 70.3 Å². The minimum absolute atomic E-state index is 0.0267. The van der Waals surface area contributed by atoms with Crippen molar-refractivity contribution in [2.75, 3.05) is 77.1 Å². The number of halogens is 1. The van der Waals surface area contributed by atoms with Gasteiger partial charge in [0.2, 0.25) is 0 Å². The Hall–Kier alpha value is -2.60. The van der Waals surface area contributed by atoms with Crippen LogP contribution in [0.1, 0.15) is 80.8 Å². The van der Waals surface area contributed by atoms with E-state index in [-0.39, 0.29) is 22.5 Å². The number of ether oxygens (including phenoxy) is 3. The van der Waals surface area contributed by atoms with Crippen LogP contribution in [0.15, 0.2) is 48.6 Å². The molecule has 1 unspecified atom stereocenters. The first-order valence-corrected chi connectivity index (χ1v) is 23.0. The van der Waals surface area contributed by atoms with Gasteiger partial charge in [0.25, 0.3) is 5.91 Å². The van der Waals surface area contributed by atoms with Crippen molar-refractivity contribution in [2.24, 2.45) is 17.8 Å². The molecule has 0 radical (unpaired) electrons. The average molecular weight is 794 g/mol. The van der Waals surface area contributed by atoms with Gasteiger partial charge in [0.1, 0.15) is 11.4 Å². The van der Waals surface area contributed by atoms with Crippen LogP contribution in [-0.4, -0.2) is 115 Å². The number of fused-ring (bicyclic) bond motifs is 5. The molecule has 8 atom stereocenters. The summed E-state index contributed by atoms with van der Waals surface area (Å²) in [5, 5.41) is 0.433. The van der Waals surface area contributed by atoms with Crippen molar-refractivity contribution in [1.29, 1.82) is 0 Å². The Morgan fingerprint density at radius 1 is 1.11 bits per heavy atom. The molecular weight excluding hydrogens is 732 g/mol. The molecule has 1 spiro atoms. The normalized spacial score (nSPS) is 36.3. The van der Waals surface area contributed by atoms with E-state index in [1.807, 2.05) is 25.1 Å². The van der Waals surface area contributed by atoms with Crippen LogP contribution < -0.4 is 14.4 Å². The number of rotatable bonds is 5. The molecule has 4 heterocycles. The Labute approximate surface area is 334 Å². The second-order valence-electron chi connectivity index (χ2n) is 17.5. The Bertz CT molecular complexity index is 1870. The SMILES string of the molecule is C=S1(=O)NC(=O)c2ccc3c(c2)N(C[C@@H]2CC[C@H]2[C@@](CN2CCN4CCOC[C@@H]4C2)(OCCC)/C=C/C[C@H](C)[C@H]1C)C[C@@]1(CCCc2cc(Cl)ccc21)CO3. The minimum Gasteiger partial charge on any atom is -0.490 e. The molecule has 1 amide bonds. The highest BCUT2D eigenvalue weighted by molar-refractivity contribution is 7.99. The Balaban J connectivity index is 1.20. The first kappa shape index (κ1) is 39.2. The maximum atomic E-state index is 14.2. The van der Waals surface area contributed by atoms with Gasteiger partial charge < -0.3 is 19.1 Å². The number of allylic oxidation sites excluding steroid dienone is 1. The fourth-order valence-electron chi connectivity index (χ4n) is 10.4. The number of aryl methyl sites for hydroxylation is 1. The van der Waals surface area contributed by atoms with Crippen molar-refractivity contribution in [1.82, 2.24) is 14.5 Å². The molecule has 2 aromatic carbocycles. The maximum Gasteiger partial charge on any atom is 0.262 e. The average Bonchev–Trinajstić information content (AvgIpc) is 3.31. The van der Waals surface area contributed by atoms with Crippen molar-refractivity contribution in [3.8, 4) is 5.75 Å². The maximum absolute atomic E-state index is 14.2. The quantitative estimate of drug-likeness (QED) is 0.277. The smallest absolute Gasteiger partial charge is 0.262 e. The van der Waals surface area contributed by atoms with Crippen LogP contribution in [0, 0.1) is 17.8 Å². The number of nitrogens with one attached hydrogen (secondary N) is 1. The van der Waals surface area contributed by atoms with E-state index < -0.39 is 15.3 Å².